The van der Waals surface area contributed by atoms with Crippen molar-refractivity contribution in [2.24, 2.45) is 0 Å². The molecule has 1 N–H and O–H groups in total. The van der Waals surface area contributed by atoms with E-state index in [1.807, 2.05) is 25.1 Å². The predicted octanol–water partition coefficient (Wildman–Crippen LogP) is 0.451. The maximum atomic E-state index is 12.5. The van der Waals surface area contributed by atoms with Crippen molar-refractivity contribution in [2.45, 2.75) is 13.3 Å². The highest BCUT2D eigenvalue weighted by Gasteiger charge is 2.13. The molecule has 0 unspecified atom stereocenters. The molecule has 106 valence electrons. The maximum absolute atomic E-state index is 12.5. The summed E-state index contributed by atoms with van der Waals surface area (Å²) in [5.74, 6) is 0. The molecule has 0 aliphatic carbocycles. The van der Waals surface area contributed by atoms with E-state index in [0.717, 1.165) is 56.0 Å². The molecule has 3 heterocycles. The second-order valence-corrected chi connectivity index (χ2v) is 5.25. The lowest BCUT2D eigenvalue weighted by Crippen LogP contribution is -2.44. The van der Waals surface area contributed by atoms with E-state index >= 15 is 0 Å². The number of nitrogens with zero attached hydrogens (tertiary/aromatic N) is 3. The van der Waals surface area contributed by atoms with Crippen molar-refractivity contribution in [1.29, 1.82) is 0 Å². The summed E-state index contributed by atoms with van der Waals surface area (Å²) in [4.78, 5) is 19.4. The SMILES string of the molecule is Cc1nc2ccccn2c(=O)c1CCN1CCNCC1. The van der Waals surface area contributed by atoms with Crippen LogP contribution >= 0.6 is 0 Å². The zero-order valence-corrected chi connectivity index (χ0v) is 11.8. The average molecular weight is 272 g/mol. The third-order valence-corrected chi connectivity index (χ3v) is 3.92. The molecular formula is C15H20N4O. The molecule has 0 saturated carbocycles. The molecule has 0 radical (unpaired) electrons. The maximum Gasteiger partial charge on any atom is 0.261 e. The molecular weight excluding hydrogens is 252 g/mol. The molecule has 0 spiro atoms. The molecule has 0 bridgehead atoms. The van der Waals surface area contributed by atoms with Crippen LogP contribution in [0.15, 0.2) is 29.2 Å². The Kier molecular flexibility index (Phi) is 3.80. The Hall–Kier alpha value is -1.72. The van der Waals surface area contributed by atoms with Crippen LogP contribution in [0.2, 0.25) is 0 Å². The van der Waals surface area contributed by atoms with Gasteiger partial charge in [0.15, 0.2) is 0 Å². The van der Waals surface area contributed by atoms with Crippen molar-refractivity contribution in [3.8, 4) is 0 Å². The topological polar surface area (TPSA) is 49.6 Å². The minimum absolute atomic E-state index is 0.0724. The minimum atomic E-state index is 0.0724. The lowest BCUT2D eigenvalue weighted by Gasteiger charge is -2.27. The molecule has 1 aliphatic heterocycles. The van der Waals surface area contributed by atoms with Gasteiger partial charge in [0.1, 0.15) is 5.65 Å². The van der Waals surface area contributed by atoms with Crippen molar-refractivity contribution in [3.05, 3.63) is 46.0 Å². The molecule has 0 atom stereocenters. The second kappa shape index (κ2) is 5.73. The molecule has 5 heteroatoms. The number of aromatic nitrogens is 2. The van der Waals surface area contributed by atoms with Gasteiger partial charge in [-0.15, -0.1) is 0 Å². The Morgan fingerprint density at radius 1 is 1.30 bits per heavy atom. The summed E-state index contributed by atoms with van der Waals surface area (Å²) < 4.78 is 1.64. The smallest absolute Gasteiger partial charge is 0.261 e. The summed E-state index contributed by atoms with van der Waals surface area (Å²) in [5.41, 5.74) is 2.49. The Bertz CT molecular complexity index is 658. The number of nitrogens with one attached hydrogen (secondary N) is 1. The Morgan fingerprint density at radius 2 is 2.10 bits per heavy atom. The van der Waals surface area contributed by atoms with Crippen molar-refractivity contribution in [1.82, 2.24) is 19.6 Å². The predicted molar refractivity (Wildman–Crippen MR) is 79.2 cm³/mol. The van der Waals surface area contributed by atoms with Crippen LogP contribution in [0.25, 0.3) is 5.65 Å². The largest absolute Gasteiger partial charge is 0.314 e. The van der Waals surface area contributed by atoms with E-state index in [9.17, 15) is 4.79 Å². The van der Waals surface area contributed by atoms with Crippen LogP contribution in [0.4, 0.5) is 0 Å². The average Bonchev–Trinajstić information content (AvgIpc) is 2.48. The highest BCUT2D eigenvalue weighted by molar-refractivity contribution is 5.40. The number of rotatable bonds is 3. The summed E-state index contributed by atoms with van der Waals surface area (Å²) in [6, 6.07) is 5.64. The summed E-state index contributed by atoms with van der Waals surface area (Å²) in [5, 5.41) is 3.34. The van der Waals surface area contributed by atoms with Gasteiger partial charge in [-0.1, -0.05) is 6.07 Å². The first-order valence-electron chi connectivity index (χ1n) is 7.15. The van der Waals surface area contributed by atoms with Gasteiger partial charge in [0, 0.05) is 50.2 Å². The highest BCUT2D eigenvalue weighted by Crippen LogP contribution is 2.05. The Morgan fingerprint density at radius 3 is 2.90 bits per heavy atom. The van der Waals surface area contributed by atoms with Crippen molar-refractivity contribution >= 4 is 5.65 Å². The number of hydrogen-bond acceptors (Lipinski definition) is 4. The lowest BCUT2D eigenvalue weighted by molar-refractivity contribution is 0.243. The van der Waals surface area contributed by atoms with Crippen LogP contribution < -0.4 is 10.9 Å². The molecule has 1 fully saturated rings. The summed E-state index contributed by atoms with van der Waals surface area (Å²) in [6.45, 7) is 7.05. The molecule has 1 saturated heterocycles. The molecule has 2 aromatic heterocycles. The van der Waals surface area contributed by atoms with Crippen LogP contribution in [0.5, 0.6) is 0 Å². The number of piperazine rings is 1. The van der Waals surface area contributed by atoms with Crippen LogP contribution in [0.1, 0.15) is 11.3 Å². The van der Waals surface area contributed by atoms with Gasteiger partial charge in [0.25, 0.3) is 5.56 Å². The van der Waals surface area contributed by atoms with Crippen molar-refractivity contribution < 1.29 is 0 Å². The van der Waals surface area contributed by atoms with Crippen LogP contribution in [0, 0.1) is 6.92 Å². The fraction of sp³-hybridized carbons (Fsp3) is 0.467. The van der Waals surface area contributed by atoms with E-state index in [4.69, 9.17) is 0 Å². The Balaban J connectivity index is 1.85. The molecule has 5 nitrogen and oxygen atoms in total. The number of fused-ring (bicyclic) bond motifs is 1. The molecule has 3 rings (SSSR count). The van der Waals surface area contributed by atoms with Gasteiger partial charge >= 0.3 is 0 Å². The zero-order valence-electron chi connectivity index (χ0n) is 11.8. The van der Waals surface area contributed by atoms with Crippen molar-refractivity contribution in [2.75, 3.05) is 32.7 Å². The van der Waals surface area contributed by atoms with Crippen LogP contribution in [0.3, 0.4) is 0 Å². The van der Waals surface area contributed by atoms with Gasteiger partial charge in [-0.05, 0) is 25.5 Å². The zero-order chi connectivity index (χ0) is 13.9. The summed E-state index contributed by atoms with van der Waals surface area (Å²) >= 11 is 0. The monoisotopic (exact) mass is 272 g/mol. The highest BCUT2D eigenvalue weighted by atomic mass is 16.1. The Labute approximate surface area is 118 Å². The lowest BCUT2D eigenvalue weighted by atomic mass is 10.1. The van der Waals surface area contributed by atoms with E-state index in [1.165, 1.54) is 0 Å². The van der Waals surface area contributed by atoms with Crippen LogP contribution in [-0.4, -0.2) is 47.0 Å². The van der Waals surface area contributed by atoms with Gasteiger partial charge in [-0.3, -0.25) is 9.20 Å². The first-order valence-corrected chi connectivity index (χ1v) is 7.15. The first kappa shape index (κ1) is 13.3. The molecule has 20 heavy (non-hydrogen) atoms. The number of pyridine rings is 1. The summed E-state index contributed by atoms with van der Waals surface area (Å²) in [7, 11) is 0. The van der Waals surface area contributed by atoms with E-state index in [0.29, 0.717) is 0 Å². The van der Waals surface area contributed by atoms with E-state index in [2.05, 4.69) is 15.2 Å². The van der Waals surface area contributed by atoms with Gasteiger partial charge < -0.3 is 10.2 Å². The standard InChI is InChI=1S/C15H20N4O/c1-12-13(5-9-18-10-6-16-7-11-18)15(20)19-8-3-2-4-14(19)17-12/h2-4,8,16H,5-7,9-11H2,1H3. The molecule has 0 amide bonds. The number of aryl methyl sites for hydroxylation is 1. The van der Waals surface area contributed by atoms with Gasteiger partial charge in [0.2, 0.25) is 0 Å². The van der Waals surface area contributed by atoms with E-state index in [1.54, 1.807) is 10.6 Å². The minimum Gasteiger partial charge on any atom is -0.314 e. The fourth-order valence-electron chi connectivity index (χ4n) is 2.73. The second-order valence-electron chi connectivity index (χ2n) is 5.25. The summed E-state index contributed by atoms with van der Waals surface area (Å²) in [6.07, 6.45) is 2.56. The van der Waals surface area contributed by atoms with E-state index < -0.39 is 0 Å². The normalized spacial score (nSPS) is 16.6. The van der Waals surface area contributed by atoms with Gasteiger partial charge in [-0.25, -0.2) is 4.98 Å². The van der Waals surface area contributed by atoms with Gasteiger partial charge in [-0.2, -0.15) is 0 Å². The first-order chi connectivity index (χ1) is 9.75. The molecule has 0 aromatic carbocycles. The van der Waals surface area contributed by atoms with E-state index in [-0.39, 0.29) is 5.56 Å². The third-order valence-electron chi connectivity index (χ3n) is 3.92. The van der Waals surface area contributed by atoms with Crippen molar-refractivity contribution in [3.63, 3.8) is 0 Å². The number of hydrogen-bond donors (Lipinski definition) is 1. The molecule has 1 aliphatic rings. The van der Waals surface area contributed by atoms with Crippen LogP contribution in [-0.2, 0) is 6.42 Å². The fourth-order valence-corrected chi connectivity index (χ4v) is 2.73. The van der Waals surface area contributed by atoms with Gasteiger partial charge in [0.05, 0.1) is 0 Å². The third kappa shape index (κ3) is 2.59. The molecule has 2 aromatic rings. The quantitative estimate of drug-likeness (QED) is 0.881.